The van der Waals surface area contributed by atoms with E-state index in [0.717, 1.165) is 6.42 Å². The lowest BCUT2D eigenvalue weighted by atomic mass is 10.2. The molecular weight excluding hydrogens is 370 g/mol. The third-order valence-electron chi connectivity index (χ3n) is 4.22. The lowest BCUT2D eigenvalue weighted by molar-refractivity contribution is 0.0697. The van der Waals surface area contributed by atoms with Crippen molar-refractivity contribution in [3.05, 3.63) is 22.8 Å². The molecule has 0 saturated carbocycles. The molecule has 1 aromatic heterocycles. The van der Waals surface area contributed by atoms with Crippen molar-refractivity contribution in [2.24, 2.45) is 0 Å². The van der Waals surface area contributed by atoms with Crippen LogP contribution in [0.4, 0.5) is 0 Å². The van der Waals surface area contributed by atoms with Gasteiger partial charge in [0.1, 0.15) is 11.1 Å². The SMILES string of the molecule is CS(=O)(=O)N1CCN(C(=O)c2cnc(OC3CCOC3)c(Cl)c2)CC1. The molecule has 138 valence electrons. The van der Waals surface area contributed by atoms with Gasteiger partial charge < -0.3 is 14.4 Å². The van der Waals surface area contributed by atoms with Gasteiger partial charge in [-0.05, 0) is 6.07 Å². The van der Waals surface area contributed by atoms with E-state index < -0.39 is 10.0 Å². The Balaban J connectivity index is 1.63. The van der Waals surface area contributed by atoms with Crippen molar-refractivity contribution in [3.8, 4) is 5.88 Å². The molecule has 25 heavy (non-hydrogen) atoms. The summed E-state index contributed by atoms with van der Waals surface area (Å²) in [5.74, 6) is 0.0638. The van der Waals surface area contributed by atoms with Gasteiger partial charge in [-0.2, -0.15) is 4.31 Å². The van der Waals surface area contributed by atoms with Crippen LogP contribution >= 0.6 is 11.6 Å². The van der Waals surface area contributed by atoms with Crippen molar-refractivity contribution in [2.75, 3.05) is 45.6 Å². The zero-order valence-corrected chi connectivity index (χ0v) is 15.4. The number of amides is 1. The van der Waals surface area contributed by atoms with Crippen LogP contribution in [0.2, 0.25) is 5.02 Å². The predicted molar refractivity (Wildman–Crippen MR) is 91.4 cm³/mol. The number of sulfonamides is 1. The first kappa shape index (κ1) is 18.4. The molecule has 2 fully saturated rings. The van der Waals surface area contributed by atoms with Gasteiger partial charge in [-0.25, -0.2) is 13.4 Å². The Kier molecular flexibility index (Phi) is 5.47. The second kappa shape index (κ2) is 7.45. The van der Waals surface area contributed by atoms with Crippen LogP contribution in [0.25, 0.3) is 0 Å². The molecule has 1 aromatic rings. The van der Waals surface area contributed by atoms with E-state index in [9.17, 15) is 13.2 Å². The molecule has 1 amide bonds. The summed E-state index contributed by atoms with van der Waals surface area (Å²) in [4.78, 5) is 18.3. The first-order valence-corrected chi connectivity index (χ1v) is 10.2. The predicted octanol–water partition coefficient (Wildman–Crippen LogP) is 0.620. The van der Waals surface area contributed by atoms with Crippen molar-refractivity contribution < 1.29 is 22.7 Å². The van der Waals surface area contributed by atoms with Gasteiger partial charge in [0.15, 0.2) is 0 Å². The van der Waals surface area contributed by atoms with E-state index in [1.807, 2.05) is 0 Å². The van der Waals surface area contributed by atoms with Gasteiger partial charge in [-0.3, -0.25) is 4.79 Å². The van der Waals surface area contributed by atoms with Crippen LogP contribution in [0.1, 0.15) is 16.8 Å². The van der Waals surface area contributed by atoms with Gasteiger partial charge in [0.2, 0.25) is 15.9 Å². The maximum absolute atomic E-state index is 12.6. The number of aromatic nitrogens is 1. The summed E-state index contributed by atoms with van der Waals surface area (Å²) < 4.78 is 35.3. The fourth-order valence-electron chi connectivity index (χ4n) is 2.80. The van der Waals surface area contributed by atoms with Gasteiger partial charge in [0.25, 0.3) is 5.91 Å². The van der Waals surface area contributed by atoms with E-state index in [1.54, 1.807) is 4.90 Å². The molecule has 0 radical (unpaired) electrons. The summed E-state index contributed by atoms with van der Waals surface area (Å²) in [7, 11) is -3.23. The number of carbonyl (C=O) groups is 1. The Hall–Kier alpha value is -1.42. The minimum atomic E-state index is -3.23. The van der Waals surface area contributed by atoms with E-state index in [-0.39, 0.29) is 36.0 Å². The van der Waals surface area contributed by atoms with Crippen LogP contribution in [0.5, 0.6) is 5.88 Å². The number of carbonyl (C=O) groups excluding carboxylic acids is 1. The average molecular weight is 390 g/mol. The second-order valence-corrected chi connectivity index (χ2v) is 8.46. The van der Waals surface area contributed by atoms with Crippen molar-refractivity contribution in [3.63, 3.8) is 0 Å². The summed E-state index contributed by atoms with van der Waals surface area (Å²) in [6.45, 7) is 2.40. The average Bonchev–Trinajstić information content (AvgIpc) is 3.08. The molecule has 2 aliphatic heterocycles. The quantitative estimate of drug-likeness (QED) is 0.750. The van der Waals surface area contributed by atoms with Crippen LogP contribution in [0, 0.1) is 0 Å². The number of ether oxygens (including phenoxy) is 2. The van der Waals surface area contributed by atoms with E-state index in [0.29, 0.717) is 31.9 Å². The molecule has 0 N–H and O–H groups in total. The summed E-state index contributed by atoms with van der Waals surface area (Å²) in [6.07, 6.45) is 3.31. The standard InChI is InChI=1S/C15H20ClN3O5S/c1-25(21,22)19-5-3-18(4-6-19)15(20)11-8-13(16)14(17-9-11)24-12-2-7-23-10-12/h8-9,12H,2-7,10H2,1H3. The lowest BCUT2D eigenvalue weighted by Crippen LogP contribution is -2.50. The molecule has 10 heteroatoms. The molecule has 1 unspecified atom stereocenters. The first-order valence-electron chi connectivity index (χ1n) is 7.99. The van der Waals surface area contributed by atoms with E-state index in [4.69, 9.17) is 21.1 Å². The topological polar surface area (TPSA) is 89.0 Å². The maximum atomic E-state index is 12.6. The fourth-order valence-corrected chi connectivity index (χ4v) is 3.84. The van der Waals surface area contributed by atoms with Crippen LogP contribution in [-0.4, -0.2) is 80.3 Å². The second-order valence-electron chi connectivity index (χ2n) is 6.07. The minimum Gasteiger partial charge on any atom is -0.471 e. The Bertz CT molecular complexity index is 744. The van der Waals surface area contributed by atoms with Crippen molar-refractivity contribution in [1.82, 2.24) is 14.2 Å². The van der Waals surface area contributed by atoms with E-state index in [2.05, 4.69) is 4.98 Å². The number of piperazine rings is 1. The Morgan fingerprint density at radius 3 is 2.64 bits per heavy atom. The number of halogens is 1. The molecule has 2 aliphatic rings. The van der Waals surface area contributed by atoms with Crippen molar-refractivity contribution >= 4 is 27.5 Å². The zero-order valence-electron chi connectivity index (χ0n) is 13.9. The third kappa shape index (κ3) is 4.41. The van der Waals surface area contributed by atoms with Crippen LogP contribution < -0.4 is 4.74 Å². The third-order valence-corrected chi connectivity index (χ3v) is 5.79. The summed E-state index contributed by atoms with van der Waals surface area (Å²) in [5, 5.41) is 0.271. The van der Waals surface area contributed by atoms with Gasteiger partial charge in [0, 0.05) is 38.8 Å². The number of nitrogens with zero attached hydrogens (tertiary/aromatic N) is 3. The molecule has 0 spiro atoms. The number of rotatable bonds is 4. The molecule has 1 atom stereocenters. The molecule has 0 aliphatic carbocycles. The van der Waals surface area contributed by atoms with Crippen LogP contribution in [0.15, 0.2) is 12.3 Å². The summed E-state index contributed by atoms with van der Waals surface area (Å²) in [6, 6.07) is 1.53. The maximum Gasteiger partial charge on any atom is 0.255 e. The van der Waals surface area contributed by atoms with Crippen LogP contribution in [-0.2, 0) is 14.8 Å². The van der Waals surface area contributed by atoms with Gasteiger partial charge >= 0.3 is 0 Å². The zero-order chi connectivity index (χ0) is 18.0. The van der Waals surface area contributed by atoms with Crippen LogP contribution in [0.3, 0.4) is 0 Å². The van der Waals surface area contributed by atoms with Gasteiger partial charge in [-0.1, -0.05) is 11.6 Å². The molecule has 3 heterocycles. The molecule has 3 rings (SSSR count). The van der Waals surface area contributed by atoms with E-state index in [1.165, 1.54) is 22.8 Å². The highest BCUT2D eigenvalue weighted by Crippen LogP contribution is 2.25. The van der Waals surface area contributed by atoms with Crippen molar-refractivity contribution in [2.45, 2.75) is 12.5 Å². The first-order chi connectivity index (χ1) is 11.8. The normalized spacial score (nSPS) is 22.2. The summed E-state index contributed by atoms with van der Waals surface area (Å²) >= 11 is 6.19. The van der Waals surface area contributed by atoms with Gasteiger partial charge in [0.05, 0.1) is 25.0 Å². The highest BCUT2D eigenvalue weighted by molar-refractivity contribution is 7.88. The Labute approximate surface area is 151 Å². The number of hydrogen-bond donors (Lipinski definition) is 0. The highest BCUT2D eigenvalue weighted by atomic mass is 35.5. The fraction of sp³-hybridized carbons (Fsp3) is 0.600. The molecule has 0 aromatic carbocycles. The minimum absolute atomic E-state index is 0.0735. The monoisotopic (exact) mass is 389 g/mol. The lowest BCUT2D eigenvalue weighted by Gasteiger charge is -2.33. The highest BCUT2D eigenvalue weighted by Gasteiger charge is 2.27. The molecule has 2 saturated heterocycles. The Morgan fingerprint density at radius 1 is 1.36 bits per heavy atom. The Morgan fingerprint density at radius 2 is 2.08 bits per heavy atom. The largest absolute Gasteiger partial charge is 0.471 e. The number of hydrogen-bond acceptors (Lipinski definition) is 6. The molecule has 0 bridgehead atoms. The molecular formula is C15H20ClN3O5S. The van der Waals surface area contributed by atoms with Gasteiger partial charge in [-0.15, -0.1) is 0 Å². The molecule has 8 nitrogen and oxygen atoms in total. The van der Waals surface area contributed by atoms with Crippen molar-refractivity contribution in [1.29, 1.82) is 0 Å². The smallest absolute Gasteiger partial charge is 0.255 e. The van der Waals surface area contributed by atoms with E-state index >= 15 is 0 Å². The number of pyridine rings is 1. The summed E-state index contributed by atoms with van der Waals surface area (Å²) in [5.41, 5.74) is 0.354.